The molecule has 2 saturated heterocycles. The molecule has 0 aliphatic carbocycles. The fraction of sp³-hybridized carbons (Fsp3) is 0.538. The summed E-state index contributed by atoms with van der Waals surface area (Å²) in [5.41, 5.74) is 0. The Balaban J connectivity index is 1.71. The van der Waals surface area contributed by atoms with Crippen molar-refractivity contribution in [3.05, 3.63) is 17.9 Å². The molecular weight excluding hydrogens is 262 g/mol. The lowest BCUT2D eigenvalue weighted by Crippen LogP contribution is -2.64. The second kappa shape index (κ2) is 5.16. The summed E-state index contributed by atoms with van der Waals surface area (Å²) in [6.07, 6.45) is 0. The summed E-state index contributed by atoms with van der Waals surface area (Å²) in [6.45, 7) is 3.23. The van der Waals surface area contributed by atoms with Gasteiger partial charge in [0.05, 0.1) is 7.11 Å². The number of piperazine rings is 2. The Kier molecular flexibility index (Phi) is 3.35. The van der Waals surface area contributed by atoms with Gasteiger partial charge in [-0.15, -0.1) is 0 Å². The van der Waals surface area contributed by atoms with E-state index in [0.29, 0.717) is 32.1 Å². The molecular formula is C13H17N3O4. The zero-order valence-electron chi connectivity index (χ0n) is 11.3. The number of methoxy groups -OCH3 is 1. The fourth-order valence-corrected chi connectivity index (χ4v) is 2.66. The lowest BCUT2D eigenvalue weighted by atomic mass is 10.1. The van der Waals surface area contributed by atoms with Crippen molar-refractivity contribution in [2.75, 3.05) is 39.8 Å². The number of ether oxygens (including phenoxy) is 1. The van der Waals surface area contributed by atoms with E-state index in [9.17, 15) is 9.59 Å². The number of hydrogen-bond donors (Lipinski definition) is 1. The van der Waals surface area contributed by atoms with Crippen molar-refractivity contribution < 1.29 is 18.7 Å². The first-order valence-electron chi connectivity index (χ1n) is 6.64. The van der Waals surface area contributed by atoms with Crippen LogP contribution in [0.5, 0.6) is 5.95 Å². The van der Waals surface area contributed by atoms with E-state index in [1.807, 2.05) is 0 Å². The highest BCUT2D eigenvalue weighted by Crippen LogP contribution is 2.19. The van der Waals surface area contributed by atoms with Gasteiger partial charge in [0.1, 0.15) is 6.04 Å². The van der Waals surface area contributed by atoms with Crippen LogP contribution in [-0.4, -0.2) is 67.5 Å². The van der Waals surface area contributed by atoms with E-state index in [1.165, 1.54) is 7.11 Å². The summed E-state index contributed by atoms with van der Waals surface area (Å²) in [4.78, 5) is 28.0. The van der Waals surface area contributed by atoms with Crippen LogP contribution in [0.4, 0.5) is 0 Å². The normalized spacial score (nSPS) is 23.1. The first-order valence-corrected chi connectivity index (χ1v) is 6.64. The van der Waals surface area contributed by atoms with Gasteiger partial charge in [0.25, 0.3) is 11.9 Å². The Labute approximate surface area is 116 Å². The largest absolute Gasteiger partial charge is 0.468 e. The van der Waals surface area contributed by atoms with E-state index in [2.05, 4.69) is 10.2 Å². The molecule has 2 fully saturated rings. The van der Waals surface area contributed by atoms with Crippen molar-refractivity contribution in [3.8, 4) is 5.95 Å². The van der Waals surface area contributed by atoms with Crippen molar-refractivity contribution >= 4 is 11.8 Å². The van der Waals surface area contributed by atoms with Gasteiger partial charge in [-0.25, -0.2) is 0 Å². The zero-order valence-corrected chi connectivity index (χ0v) is 11.3. The molecule has 1 N–H and O–H groups in total. The number of rotatable bonds is 2. The van der Waals surface area contributed by atoms with Gasteiger partial charge < -0.3 is 19.4 Å². The van der Waals surface area contributed by atoms with E-state index in [4.69, 9.17) is 9.15 Å². The monoisotopic (exact) mass is 279 g/mol. The maximum atomic E-state index is 12.3. The summed E-state index contributed by atoms with van der Waals surface area (Å²) < 4.78 is 10.2. The van der Waals surface area contributed by atoms with E-state index in [-0.39, 0.29) is 23.6 Å². The van der Waals surface area contributed by atoms with Gasteiger partial charge >= 0.3 is 0 Å². The van der Waals surface area contributed by atoms with Gasteiger partial charge in [-0.3, -0.25) is 14.5 Å². The number of nitrogens with zero attached hydrogens (tertiary/aromatic N) is 2. The summed E-state index contributed by atoms with van der Waals surface area (Å²) in [5.74, 6) is 0.339. The highest BCUT2D eigenvalue weighted by molar-refractivity contribution is 5.92. The van der Waals surface area contributed by atoms with Crippen LogP contribution in [-0.2, 0) is 4.79 Å². The SMILES string of the molecule is COc1ccc(C(=O)N2CCN3CCNC(=O)[C@H]3C2)o1. The van der Waals surface area contributed by atoms with E-state index in [0.717, 1.165) is 6.54 Å². The van der Waals surface area contributed by atoms with Crippen LogP contribution in [0.15, 0.2) is 16.5 Å². The van der Waals surface area contributed by atoms with E-state index in [1.54, 1.807) is 17.0 Å². The fourth-order valence-electron chi connectivity index (χ4n) is 2.66. The number of furan rings is 1. The molecule has 0 bridgehead atoms. The Morgan fingerprint density at radius 2 is 2.25 bits per heavy atom. The molecule has 2 aliphatic rings. The molecule has 7 heteroatoms. The molecule has 1 aromatic rings. The van der Waals surface area contributed by atoms with Crippen LogP contribution in [0.3, 0.4) is 0 Å². The molecule has 3 rings (SSSR count). The second-order valence-corrected chi connectivity index (χ2v) is 4.92. The van der Waals surface area contributed by atoms with Gasteiger partial charge in [-0.2, -0.15) is 0 Å². The summed E-state index contributed by atoms with van der Waals surface area (Å²) in [7, 11) is 1.48. The molecule has 0 saturated carbocycles. The van der Waals surface area contributed by atoms with Gasteiger partial charge in [-0.1, -0.05) is 0 Å². The Hall–Kier alpha value is -2.02. The molecule has 3 heterocycles. The van der Waals surface area contributed by atoms with Crippen LogP contribution in [0.1, 0.15) is 10.6 Å². The highest BCUT2D eigenvalue weighted by atomic mass is 16.6. The summed E-state index contributed by atoms with van der Waals surface area (Å²) in [6, 6.07) is 2.95. The predicted octanol–water partition coefficient (Wildman–Crippen LogP) is -0.456. The molecule has 1 atom stereocenters. The lowest BCUT2D eigenvalue weighted by Gasteiger charge is -2.42. The first kappa shape index (κ1) is 13.0. The third kappa shape index (κ3) is 2.24. The highest BCUT2D eigenvalue weighted by Gasteiger charge is 2.37. The smallest absolute Gasteiger partial charge is 0.289 e. The van der Waals surface area contributed by atoms with Crippen LogP contribution in [0.25, 0.3) is 0 Å². The summed E-state index contributed by atoms with van der Waals surface area (Å²) in [5, 5.41) is 2.83. The molecule has 0 aromatic carbocycles. The molecule has 20 heavy (non-hydrogen) atoms. The molecule has 0 unspecified atom stereocenters. The second-order valence-electron chi connectivity index (χ2n) is 4.92. The Morgan fingerprint density at radius 3 is 3.00 bits per heavy atom. The maximum absolute atomic E-state index is 12.3. The average molecular weight is 279 g/mol. The molecule has 108 valence electrons. The van der Waals surface area contributed by atoms with Crippen LogP contribution in [0.2, 0.25) is 0 Å². The van der Waals surface area contributed by atoms with Crippen LogP contribution >= 0.6 is 0 Å². The zero-order chi connectivity index (χ0) is 14.1. The maximum Gasteiger partial charge on any atom is 0.289 e. The van der Waals surface area contributed by atoms with E-state index >= 15 is 0 Å². The predicted molar refractivity (Wildman–Crippen MR) is 69.5 cm³/mol. The van der Waals surface area contributed by atoms with Crippen molar-refractivity contribution in [1.29, 1.82) is 0 Å². The Bertz CT molecular complexity index is 527. The van der Waals surface area contributed by atoms with Crippen molar-refractivity contribution in [1.82, 2.24) is 15.1 Å². The minimum atomic E-state index is -0.252. The van der Waals surface area contributed by atoms with E-state index < -0.39 is 0 Å². The number of nitrogens with one attached hydrogen (secondary N) is 1. The molecule has 2 amide bonds. The molecule has 0 radical (unpaired) electrons. The third-order valence-electron chi connectivity index (χ3n) is 3.77. The van der Waals surface area contributed by atoms with Gasteiger partial charge in [0, 0.05) is 38.8 Å². The standard InChI is InChI=1S/C13H17N3O4/c1-19-11-3-2-10(20-11)13(18)16-7-6-15-5-4-14-12(17)9(15)8-16/h2-3,9H,4-8H2,1H3,(H,14,17)/t9-/m1/s1. The summed E-state index contributed by atoms with van der Waals surface area (Å²) >= 11 is 0. The molecule has 7 nitrogen and oxygen atoms in total. The number of carbonyl (C=O) groups excluding carboxylic acids is 2. The number of amides is 2. The topological polar surface area (TPSA) is 75.0 Å². The van der Waals surface area contributed by atoms with Crippen molar-refractivity contribution in [3.63, 3.8) is 0 Å². The van der Waals surface area contributed by atoms with Gasteiger partial charge in [0.15, 0.2) is 5.76 Å². The number of fused-ring (bicyclic) bond motifs is 1. The molecule has 2 aliphatic heterocycles. The number of carbonyl (C=O) groups is 2. The van der Waals surface area contributed by atoms with Crippen LogP contribution in [0, 0.1) is 0 Å². The van der Waals surface area contributed by atoms with Gasteiger partial charge in [-0.05, 0) is 6.07 Å². The molecule has 0 spiro atoms. The quantitative estimate of drug-likeness (QED) is 0.793. The Morgan fingerprint density at radius 1 is 1.40 bits per heavy atom. The average Bonchev–Trinajstić information content (AvgIpc) is 2.95. The minimum Gasteiger partial charge on any atom is -0.468 e. The first-order chi connectivity index (χ1) is 9.69. The van der Waals surface area contributed by atoms with Crippen LogP contribution < -0.4 is 10.1 Å². The minimum absolute atomic E-state index is 0.00854. The third-order valence-corrected chi connectivity index (χ3v) is 3.77. The number of hydrogen-bond acceptors (Lipinski definition) is 5. The van der Waals surface area contributed by atoms with Crippen molar-refractivity contribution in [2.24, 2.45) is 0 Å². The molecule has 1 aromatic heterocycles. The van der Waals surface area contributed by atoms with Gasteiger partial charge in [0.2, 0.25) is 5.91 Å². The lowest BCUT2D eigenvalue weighted by molar-refractivity contribution is -0.131. The van der Waals surface area contributed by atoms with Crippen molar-refractivity contribution in [2.45, 2.75) is 6.04 Å².